The van der Waals surface area contributed by atoms with E-state index in [9.17, 15) is 14.7 Å². The lowest BCUT2D eigenvalue weighted by Gasteiger charge is -2.15. The van der Waals surface area contributed by atoms with E-state index in [1.807, 2.05) is 30.3 Å². The minimum Gasteiger partial charge on any atom is -0.545 e. The van der Waals surface area contributed by atoms with Crippen LogP contribution in [0.3, 0.4) is 0 Å². The summed E-state index contributed by atoms with van der Waals surface area (Å²) in [7, 11) is 0. The summed E-state index contributed by atoms with van der Waals surface area (Å²) in [4.78, 5) is 23.0. The lowest BCUT2D eigenvalue weighted by molar-refractivity contribution is -0.255. The summed E-state index contributed by atoms with van der Waals surface area (Å²) in [5.41, 5.74) is 0.667. The summed E-state index contributed by atoms with van der Waals surface area (Å²) in [6.45, 7) is 1.73. The minimum atomic E-state index is -1.40. The first kappa shape index (κ1) is 13.8. The van der Waals surface area contributed by atoms with Gasteiger partial charge in [0.2, 0.25) is 0 Å². The zero-order chi connectivity index (χ0) is 14.5. The fourth-order valence-corrected chi connectivity index (χ4v) is 1.86. The van der Waals surface area contributed by atoms with Crippen molar-refractivity contribution in [1.82, 2.24) is 0 Å². The molecule has 0 aliphatic heterocycles. The van der Waals surface area contributed by atoms with Gasteiger partial charge in [0.25, 0.3) is 0 Å². The number of carbonyl (C=O) groups is 2. The molecule has 0 radical (unpaired) electrons. The Balaban J connectivity index is 2.19. The average Bonchev–Trinajstić information content (AvgIpc) is 2.48. The van der Waals surface area contributed by atoms with Crippen LogP contribution in [0.4, 0.5) is 0 Å². The number of hydrogen-bond acceptors (Lipinski definition) is 4. The number of ether oxygens (including phenoxy) is 1. The Morgan fingerprint density at radius 2 is 1.50 bits per heavy atom. The van der Waals surface area contributed by atoms with E-state index < -0.39 is 18.0 Å². The van der Waals surface area contributed by atoms with Crippen molar-refractivity contribution in [3.8, 4) is 0 Å². The predicted molar refractivity (Wildman–Crippen MR) is 71.0 cm³/mol. The van der Waals surface area contributed by atoms with Crippen molar-refractivity contribution >= 4 is 11.9 Å². The van der Waals surface area contributed by atoms with E-state index in [0.717, 1.165) is 5.56 Å². The Morgan fingerprint density at radius 3 is 2.10 bits per heavy atom. The zero-order valence-electron chi connectivity index (χ0n) is 10.9. The first-order valence-corrected chi connectivity index (χ1v) is 6.16. The van der Waals surface area contributed by atoms with E-state index in [4.69, 9.17) is 4.74 Å². The number of esters is 1. The molecule has 0 aliphatic carbocycles. The first-order valence-electron chi connectivity index (χ1n) is 6.16. The highest BCUT2D eigenvalue weighted by molar-refractivity contribution is 6.01. The highest BCUT2D eigenvalue weighted by Crippen LogP contribution is 2.19. The molecule has 0 aromatic heterocycles. The SMILES string of the molecule is CC(OC(=O)c1ccccc1C(=O)[O-])c1ccccc1. The van der Waals surface area contributed by atoms with Gasteiger partial charge in [-0.05, 0) is 18.6 Å². The fourth-order valence-electron chi connectivity index (χ4n) is 1.86. The maximum Gasteiger partial charge on any atom is 0.339 e. The van der Waals surface area contributed by atoms with Gasteiger partial charge in [0.15, 0.2) is 0 Å². The molecule has 0 saturated heterocycles. The summed E-state index contributed by atoms with van der Waals surface area (Å²) in [5.74, 6) is -2.08. The van der Waals surface area contributed by atoms with E-state index in [2.05, 4.69) is 0 Å². The molecular formula is C16H13O4-. The fraction of sp³-hybridized carbons (Fsp3) is 0.125. The standard InChI is InChI=1S/C16H14O4/c1-11(12-7-3-2-4-8-12)20-16(19)14-10-6-5-9-13(14)15(17)18/h2-11H,1H3,(H,17,18)/p-1. The molecule has 102 valence electrons. The third kappa shape index (κ3) is 3.03. The van der Waals surface area contributed by atoms with Crippen molar-refractivity contribution in [2.24, 2.45) is 0 Å². The summed E-state index contributed by atoms with van der Waals surface area (Å²) >= 11 is 0. The first-order chi connectivity index (χ1) is 9.59. The molecule has 20 heavy (non-hydrogen) atoms. The topological polar surface area (TPSA) is 66.4 Å². The van der Waals surface area contributed by atoms with Crippen LogP contribution in [0.25, 0.3) is 0 Å². The van der Waals surface area contributed by atoms with Crippen molar-refractivity contribution in [2.75, 3.05) is 0 Å². The summed E-state index contributed by atoms with van der Waals surface area (Å²) < 4.78 is 5.28. The summed E-state index contributed by atoms with van der Waals surface area (Å²) in [6.07, 6.45) is -0.460. The van der Waals surface area contributed by atoms with Gasteiger partial charge in [-0.1, -0.05) is 48.5 Å². The van der Waals surface area contributed by atoms with E-state index in [0.29, 0.717) is 0 Å². The highest BCUT2D eigenvalue weighted by Gasteiger charge is 2.16. The monoisotopic (exact) mass is 269 g/mol. The molecule has 4 heteroatoms. The number of carboxylic acids is 1. The van der Waals surface area contributed by atoms with Crippen molar-refractivity contribution in [2.45, 2.75) is 13.0 Å². The molecule has 4 nitrogen and oxygen atoms in total. The van der Waals surface area contributed by atoms with Crippen molar-refractivity contribution < 1.29 is 19.4 Å². The van der Waals surface area contributed by atoms with Crippen molar-refractivity contribution in [3.05, 3.63) is 71.3 Å². The molecule has 0 fully saturated rings. The Morgan fingerprint density at radius 1 is 0.950 bits per heavy atom. The normalized spacial score (nSPS) is 11.7. The summed E-state index contributed by atoms with van der Waals surface area (Å²) in [6, 6.07) is 15.1. The van der Waals surface area contributed by atoms with Crippen LogP contribution in [0.1, 0.15) is 39.3 Å². The quantitative estimate of drug-likeness (QED) is 0.796. The van der Waals surface area contributed by atoms with E-state index in [1.54, 1.807) is 13.0 Å². The van der Waals surface area contributed by atoms with Crippen LogP contribution < -0.4 is 5.11 Å². The van der Waals surface area contributed by atoms with Crippen LogP contribution in [-0.4, -0.2) is 11.9 Å². The molecule has 0 bridgehead atoms. The van der Waals surface area contributed by atoms with Crippen LogP contribution in [0.5, 0.6) is 0 Å². The molecule has 0 saturated carbocycles. The predicted octanol–water partition coefficient (Wildman–Crippen LogP) is 1.97. The molecule has 2 rings (SSSR count). The lowest BCUT2D eigenvalue weighted by Crippen LogP contribution is -2.25. The number of carboxylic acid groups (broad SMARTS) is 1. The molecule has 0 aliphatic rings. The van der Waals surface area contributed by atoms with Crippen LogP contribution in [-0.2, 0) is 4.74 Å². The largest absolute Gasteiger partial charge is 0.545 e. The van der Waals surface area contributed by atoms with E-state index in [1.165, 1.54) is 18.2 Å². The molecule has 0 amide bonds. The van der Waals surface area contributed by atoms with E-state index in [-0.39, 0.29) is 11.1 Å². The Labute approximate surface area is 116 Å². The molecule has 1 unspecified atom stereocenters. The van der Waals surface area contributed by atoms with Gasteiger partial charge in [0.05, 0.1) is 11.5 Å². The lowest BCUT2D eigenvalue weighted by atomic mass is 10.1. The summed E-state index contributed by atoms with van der Waals surface area (Å²) in [5, 5.41) is 11.0. The van der Waals surface area contributed by atoms with Gasteiger partial charge in [-0.25, -0.2) is 4.79 Å². The molecule has 1 atom stereocenters. The van der Waals surface area contributed by atoms with Gasteiger partial charge in [-0.15, -0.1) is 0 Å². The molecule has 0 N–H and O–H groups in total. The van der Waals surface area contributed by atoms with Crippen LogP contribution >= 0.6 is 0 Å². The average molecular weight is 269 g/mol. The van der Waals surface area contributed by atoms with Crippen molar-refractivity contribution in [3.63, 3.8) is 0 Å². The van der Waals surface area contributed by atoms with Crippen LogP contribution in [0.15, 0.2) is 54.6 Å². The maximum absolute atomic E-state index is 12.0. The van der Waals surface area contributed by atoms with Crippen LogP contribution in [0.2, 0.25) is 0 Å². The Bertz CT molecular complexity index is 619. The minimum absolute atomic E-state index is 0.00437. The highest BCUT2D eigenvalue weighted by atomic mass is 16.5. The van der Waals surface area contributed by atoms with Gasteiger partial charge in [-0.3, -0.25) is 0 Å². The number of hydrogen-bond donors (Lipinski definition) is 0. The third-order valence-corrected chi connectivity index (χ3v) is 2.92. The van der Waals surface area contributed by atoms with Gasteiger partial charge in [0.1, 0.15) is 6.10 Å². The number of aromatic carboxylic acids is 1. The van der Waals surface area contributed by atoms with Gasteiger partial charge in [-0.2, -0.15) is 0 Å². The third-order valence-electron chi connectivity index (χ3n) is 2.92. The molecule has 2 aromatic carbocycles. The molecule has 2 aromatic rings. The number of rotatable bonds is 4. The molecule has 0 spiro atoms. The number of benzene rings is 2. The second-order valence-electron chi connectivity index (χ2n) is 4.29. The zero-order valence-corrected chi connectivity index (χ0v) is 10.9. The molecular weight excluding hydrogens is 256 g/mol. The van der Waals surface area contributed by atoms with E-state index >= 15 is 0 Å². The second kappa shape index (κ2) is 6.02. The Hall–Kier alpha value is -2.62. The number of carbonyl (C=O) groups excluding carboxylic acids is 2. The van der Waals surface area contributed by atoms with Crippen molar-refractivity contribution in [1.29, 1.82) is 0 Å². The Kier molecular flexibility index (Phi) is 4.15. The molecule has 0 heterocycles. The van der Waals surface area contributed by atoms with Gasteiger partial charge < -0.3 is 14.6 Å². The van der Waals surface area contributed by atoms with Gasteiger partial charge in [0, 0.05) is 5.56 Å². The maximum atomic E-state index is 12.0. The van der Waals surface area contributed by atoms with Gasteiger partial charge >= 0.3 is 5.97 Å². The smallest absolute Gasteiger partial charge is 0.339 e. The second-order valence-corrected chi connectivity index (χ2v) is 4.29. The van der Waals surface area contributed by atoms with Crippen LogP contribution in [0, 0.1) is 0 Å².